The van der Waals surface area contributed by atoms with E-state index in [0.717, 1.165) is 44.2 Å². The van der Waals surface area contributed by atoms with Gasteiger partial charge in [0.2, 0.25) is 18.0 Å². The predicted molar refractivity (Wildman–Crippen MR) is 91.7 cm³/mol. The highest BCUT2D eigenvalue weighted by molar-refractivity contribution is 6.28. The number of imidazole rings is 1. The third-order valence-electron chi connectivity index (χ3n) is 4.54. The molecule has 1 saturated heterocycles. The van der Waals surface area contributed by atoms with E-state index in [1.807, 2.05) is 17.0 Å². The zero-order valence-corrected chi connectivity index (χ0v) is 14.5. The van der Waals surface area contributed by atoms with Crippen LogP contribution in [0.5, 0.6) is 11.5 Å². The maximum atomic E-state index is 12.4. The number of halogens is 1. The van der Waals surface area contributed by atoms with Gasteiger partial charge in [0.1, 0.15) is 6.54 Å². The molecule has 8 heteroatoms. The van der Waals surface area contributed by atoms with Gasteiger partial charge in [0, 0.05) is 45.1 Å². The van der Waals surface area contributed by atoms with Gasteiger partial charge in [-0.3, -0.25) is 9.69 Å². The Hall–Kier alpha value is -2.25. The molecule has 132 valence electrons. The van der Waals surface area contributed by atoms with Crippen molar-refractivity contribution in [2.24, 2.45) is 0 Å². The highest BCUT2D eigenvalue weighted by Crippen LogP contribution is 2.32. The minimum Gasteiger partial charge on any atom is -0.454 e. The van der Waals surface area contributed by atoms with Gasteiger partial charge >= 0.3 is 0 Å². The molecule has 0 unspecified atom stereocenters. The number of hydrogen-bond acceptors (Lipinski definition) is 5. The quantitative estimate of drug-likeness (QED) is 0.827. The van der Waals surface area contributed by atoms with E-state index in [2.05, 4.69) is 16.0 Å². The van der Waals surface area contributed by atoms with Crippen LogP contribution >= 0.6 is 11.6 Å². The van der Waals surface area contributed by atoms with Crippen LogP contribution in [0, 0.1) is 0 Å². The molecule has 3 heterocycles. The molecule has 1 aromatic carbocycles. The lowest BCUT2D eigenvalue weighted by molar-refractivity contribution is -0.133. The number of piperazine rings is 1. The number of fused-ring (bicyclic) bond motifs is 1. The number of rotatable bonds is 4. The molecule has 0 spiro atoms. The second kappa shape index (κ2) is 6.93. The molecular formula is C17H19ClN4O3. The standard InChI is InChI=1S/C17H19ClN4O3/c18-17-19-3-4-22(17)11-16(23)21-7-5-20(6-8-21)10-13-1-2-14-15(9-13)25-12-24-14/h1-4,9H,5-8,10-12H2. The van der Waals surface area contributed by atoms with E-state index >= 15 is 0 Å². The van der Waals surface area contributed by atoms with Crippen molar-refractivity contribution in [3.05, 3.63) is 41.4 Å². The van der Waals surface area contributed by atoms with Crippen molar-refractivity contribution in [3.63, 3.8) is 0 Å². The van der Waals surface area contributed by atoms with Crippen molar-refractivity contribution in [2.75, 3.05) is 33.0 Å². The number of hydrogen-bond donors (Lipinski definition) is 0. The van der Waals surface area contributed by atoms with Crippen LogP contribution in [-0.4, -0.2) is 58.2 Å². The van der Waals surface area contributed by atoms with Crippen LogP contribution in [0.1, 0.15) is 5.56 Å². The fourth-order valence-electron chi connectivity index (χ4n) is 3.13. The zero-order chi connectivity index (χ0) is 17.2. The topological polar surface area (TPSA) is 59.8 Å². The summed E-state index contributed by atoms with van der Waals surface area (Å²) in [4.78, 5) is 20.5. The van der Waals surface area contributed by atoms with Gasteiger partial charge in [-0.25, -0.2) is 4.98 Å². The van der Waals surface area contributed by atoms with E-state index in [1.54, 1.807) is 17.0 Å². The molecular weight excluding hydrogens is 344 g/mol. The first-order valence-electron chi connectivity index (χ1n) is 8.24. The number of benzene rings is 1. The summed E-state index contributed by atoms with van der Waals surface area (Å²) in [6.45, 7) is 4.49. The Kier molecular flexibility index (Phi) is 4.50. The minimum absolute atomic E-state index is 0.0719. The van der Waals surface area contributed by atoms with Crippen LogP contribution in [0.15, 0.2) is 30.6 Å². The second-order valence-corrected chi connectivity index (χ2v) is 6.51. The lowest BCUT2D eigenvalue weighted by Gasteiger charge is -2.34. The molecule has 0 saturated carbocycles. The fourth-order valence-corrected chi connectivity index (χ4v) is 3.30. The summed E-state index contributed by atoms with van der Waals surface area (Å²) in [5, 5.41) is 0.342. The predicted octanol–water partition coefficient (Wildman–Crippen LogP) is 1.61. The maximum Gasteiger partial charge on any atom is 0.242 e. The summed E-state index contributed by atoms with van der Waals surface area (Å²) in [7, 11) is 0. The molecule has 0 aliphatic carbocycles. The number of carbonyl (C=O) groups is 1. The highest BCUT2D eigenvalue weighted by Gasteiger charge is 2.22. The number of nitrogens with zero attached hydrogens (tertiary/aromatic N) is 4. The van der Waals surface area contributed by atoms with Gasteiger partial charge in [0.05, 0.1) is 0 Å². The van der Waals surface area contributed by atoms with Gasteiger partial charge in [-0.1, -0.05) is 6.07 Å². The van der Waals surface area contributed by atoms with E-state index in [1.165, 1.54) is 5.56 Å². The van der Waals surface area contributed by atoms with E-state index in [4.69, 9.17) is 21.1 Å². The first-order chi connectivity index (χ1) is 12.2. The number of ether oxygens (including phenoxy) is 2. The Labute approximate surface area is 150 Å². The molecule has 7 nitrogen and oxygen atoms in total. The maximum absolute atomic E-state index is 12.4. The van der Waals surface area contributed by atoms with E-state index in [0.29, 0.717) is 12.1 Å². The first kappa shape index (κ1) is 16.2. The number of carbonyl (C=O) groups excluding carboxylic acids is 1. The van der Waals surface area contributed by atoms with Gasteiger partial charge in [-0.05, 0) is 29.3 Å². The molecule has 0 bridgehead atoms. The van der Waals surface area contributed by atoms with Gasteiger partial charge in [-0.2, -0.15) is 0 Å². The summed E-state index contributed by atoms with van der Waals surface area (Å²) in [6, 6.07) is 6.04. The third kappa shape index (κ3) is 3.57. The van der Waals surface area contributed by atoms with E-state index < -0.39 is 0 Å². The second-order valence-electron chi connectivity index (χ2n) is 6.17. The Morgan fingerprint density at radius 1 is 1.16 bits per heavy atom. The Balaban J connectivity index is 1.29. The van der Waals surface area contributed by atoms with Crippen LogP contribution in [0.2, 0.25) is 5.28 Å². The Bertz CT molecular complexity index is 771. The van der Waals surface area contributed by atoms with Gasteiger partial charge < -0.3 is 18.9 Å². The van der Waals surface area contributed by atoms with Crippen LogP contribution in [0.3, 0.4) is 0 Å². The molecule has 0 atom stereocenters. The third-order valence-corrected chi connectivity index (χ3v) is 4.85. The number of amides is 1. The number of aromatic nitrogens is 2. The fraction of sp³-hybridized carbons (Fsp3) is 0.412. The van der Waals surface area contributed by atoms with Gasteiger partial charge in [0.25, 0.3) is 0 Å². The summed E-state index contributed by atoms with van der Waals surface area (Å²) >= 11 is 5.93. The monoisotopic (exact) mass is 362 g/mol. The molecule has 4 rings (SSSR count). The average Bonchev–Trinajstić information content (AvgIpc) is 3.24. The smallest absolute Gasteiger partial charge is 0.242 e. The van der Waals surface area contributed by atoms with Crippen molar-refractivity contribution in [2.45, 2.75) is 13.1 Å². The lowest BCUT2D eigenvalue weighted by atomic mass is 10.1. The van der Waals surface area contributed by atoms with Gasteiger partial charge in [-0.15, -0.1) is 0 Å². The van der Waals surface area contributed by atoms with E-state index in [9.17, 15) is 4.79 Å². The van der Waals surface area contributed by atoms with Crippen molar-refractivity contribution in [1.82, 2.24) is 19.4 Å². The van der Waals surface area contributed by atoms with Crippen molar-refractivity contribution >= 4 is 17.5 Å². The summed E-state index contributed by atoms with van der Waals surface area (Å²) in [5.74, 6) is 1.68. The van der Waals surface area contributed by atoms with Crippen LogP contribution in [0.4, 0.5) is 0 Å². The normalized spacial score (nSPS) is 17.1. The largest absolute Gasteiger partial charge is 0.454 e. The summed E-state index contributed by atoms with van der Waals surface area (Å²) in [5.41, 5.74) is 1.19. The summed E-state index contributed by atoms with van der Waals surface area (Å²) in [6.07, 6.45) is 3.31. The molecule has 25 heavy (non-hydrogen) atoms. The molecule has 1 amide bonds. The molecule has 2 aliphatic rings. The highest BCUT2D eigenvalue weighted by atomic mass is 35.5. The summed E-state index contributed by atoms with van der Waals surface area (Å²) < 4.78 is 12.4. The molecule has 0 N–H and O–H groups in total. The van der Waals surface area contributed by atoms with Crippen molar-refractivity contribution < 1.29 is 14.3 Å². The van der Waals surface area contributed by atoms with Crippen LogP contribution in [0.25, 0.3) is 0 Å². The van der Waals surface area contributed by atoms with Crippen LogP contribution in [-0.2, 0) is 17.9 Å². The SMILES string of the molecule is O=C(Cn1ccnc1Cl)N1CCN(Cc2ccc3c(c2)OCO3)CC1. The Morgan fingerprint density at radius 3 is 2.72 bits per heavy atom. The molecule has 1 fully saturated rings. The van der Waals surface area contributed by atoms with Crippen molar-refractivity contribution in [3.8, 4) is 11.5 Å². The van der Waals surface area contributed by atoms with Crippen molar-refractivity contribution in [1.29, 1.82) is 0 Å². The lowest BCUT2D eigenvalue weighted by Crippen LogP contribution is -2.49. The first-order valence-corrected chi connectivity index (χ1v) is 8.62. The molecule has 2 aliphatic heterocycles. The molecule has 0 radical (unpaired) electrons. The zero-order valence-electron chi connectivity index (χ0n) is 13.7. The molecule has 1 aromatic heterocycles. The average molecular weight is 363 g/mol. The van der Waals surface area contributed by atoms with E-state index in [-0.39, 0.29) is 12.5 Å². The van der Waals surface area contributed by atoms with Crippen LogP contribution < -0.4 is 9.47 Å². The molecule has 2 aromatic rings. The Morgan fingerprint density at radius 2 is 1.96 bits per heavy atom. The van der Waals surface area contributed by atoms with Gasteiger partial charge in [0.15, 0.2) is 11.5 Å². The minimum atomic E-state index is 0.0719.